The van der Waals surface area contributed by atoms with Gasteiger partial charge < -0.3 is 14.1 Å². The number of rotatable bonds is 6. The Morgan fingerprint density at radius 1 is 0.562 bits per heavy atom. The molecule has 0 saturated heterocycles. The molecule has 4 aromatic carbocycles. The highest BCUT2D eigenvalue weighted by atomic mass is 16.5. The minimum absolute atomic E-state index is 0.474. The lowest BCUT2D eigenvalue weighted by molar-refractivity contribution is 0.415. The molecule has 5 rings (SSSR count). The molecule has 1 aromatic heterocycles. The fraction of sp³-hybridized carbons (Fsp3) is 0.0370. The Labute approximate surface area is 186 Å². The van der Waals surface area contributed by atoms with E-state index in [1.54, 1.807) is 7.11 Å². The third-order valence-electron chi connectivity index (χ3n) is 5.16. The third kappa shape index (κ3) is 3.96. The van der Waals surface area contributed by atoms with E-state index >= 15 is 0 Å². The predicted molar refractivity (Wildman–Crippen MR) is 126 cm³/mol. The van der Waals surface area contributed by atoms with E-state index in [4.69, 9.17) is 9.15 Å². The van der Waals surface area contributed by atoms with Crippen molar-refractivity contribution in [2.24, 2.45) is 0 Å². The smallest absolute Gasteiger partial charge is 0.248 e. The Morgan fingerprint density at radius 3 is 1.47 bits per heavy atom. The van der Waals surface area contributed by atoms with Crippen LogP contribution in [0.2, 0.25) is 0 Å². The van der Waals surface area contributed by atoms with Crippen molar-refractivity contribution in [3.63, 3.8) is 0 Å². The van der Waals surface area contributed by atoms with Gasteiger partial charge in [-0.05, 0) is 72.8 Å². The van der Waals surface area contributed by atoms with E-state index in [0.29, 0.717) is 11.8 Å². The lowest BCUT2D eigenvalue weighted by Crippen LogP contribution is -2.09. The number of ether oxygens (including phenoxy) is 1. The maximum absolute atomic E-state index is 5.92. The van der Waals surface area contributed by atoms with Crippen molar-refractivity contribution < 1.29 is 9.15 Å². The summed E-state index contributed by atoms with van der Waals surface area (Å²) in [5.41, 5.74) is 4.93. The fourth-order valence-electron chi connectivity index (χ4n) is 3.54. The van der Waals surface area contributed by atoms with Crippen LogP contribution in [0.25, 0.3) is 22.9 Å². The molecule has 0 spiro atoms. The van der Waals surface area contributed by atoms with Gasteiger partial charge in [-0.1, -0.05) is 36.4 Å². The van der Waals surface area contributed by atoms with Gasteiger partial charge in [0.1, 0.15) is 5.75 Å². The number of benzene rings is 4. The molecule has 0 amide bonds. The molecule has 5 aromatic rings. The first-order valence-corrected chi connectivity index (χ1v) is 10.3. The number of hydrogen-bond donors (Lipinski definition) is 0. The number of hydrogen-bond acceptors (Lipinski definition) is 5. The first kappa shape index (κ1) is 19.6. The first-order valence-electron chi connectivity index (χ1n) is 10.3. The Morgan fingerprint density at radius 2 is 1.00 bits per heavy atom. The predicted octanol–water partition coefficient (Wildman–Crippen LogP) is 6.88. The van der Waals surface area contributed by atoms with Gasteiger partial charge in [-0.15, -0.1) is 10.2 Å². The molecule has 0 unspecified atom stereocenters. The minimum Gasteiger partial charge on any atom is -0.497 e. The topological polar surface area (TPSA) is 51.4 Å². The van der Waals surface area contributed by atoms with E-state index in [9.17, 15) is 0 Å². The van der Waals surface area contributed by atoms with Gasteiger partial charge in [0.2, 0.25) is 11.8 Å². The summed E-state index contributed by atoms with van der Waals surface area (Å²) in [6, 6.07) is 36.3. The summed E-state index contributed by atoms with van der Waals surface area (Å²) in [4.78, 5) is 2.21. The SMILES string of the molecule is COc1ccc(-c2nnc(-c3ccc(N(c4ccccc4)c4ccccc4)cc3)o2)cc1. The number of methoxy groups -OCH3 is 1. The van der Waals surface area contributed by atoms with E-state index in [0.717, 1.165) is 33.9 Å². The van der Waals surface area contributed by atoms with Crippen molar-refractivity contribution in [2.75, 3.05) is 12.0 Å². The summed E-state index contributed by atoms with van der Waals surface area (Å²) in [5.74, 6) is 1.74. The number of aromatic nitrogens is 2. The van der Waals surface area contributed by atoms with E-state index < -0.39 is 0 Å². The molecule has 5 nitrogen and oxygen atoms in total. The zero-order chi connectivity index (χ0) is 21.8. The molecule has 0 saturated carbocycles. The molecule has 0 bridgehead atoms. The summed E-state index contributed by atoms with van der Waals surface area (Å²) < 4.78 is 11.1. The molecule has 0 aliphatic heterocycles. The van der Waals surface area contributed by atoms with Crippen molar-refractivity contribution in [2.45, 2.75) is 0 Å². The van der Waals surface area contributed by atoms with Crippen LogP contribution < -0.4 is 9.64 Å². The highest BCUT2D eigenvalue weighted by molar-refractivity contribution is 5.77. The molecule has 0 fully saturated rings. The van der Waals surface area contributed by atoms with Gasteiger partial charge in [0.25, 0.3) is 0 Å². The van der Waals surface area contributed by atoms with Gasteiger partial charge >= 0.3 is 0 Å². The van der Waals surface area contributed by atoms with E-state index in [1.807, 2.05) is 72.8 Å². The lowest BCUT2D eigenvalue weighted by Gasteiger charge is -2.25. The van der Waals surface area contributed by atoms with Crippen molar-refractivity contribution in [1.29, 1.82) is 0 Å². The molecule has 5 heteroatoms. The van der Waals surface area contributed by atoms with Crippen LogP contribution in [-0.4, -0.2) is 17.3 Å². The zero-order valence-corrected chi connectivity index (χ0v) is 17.6. The summed E-state index contributed by atoms with van der Waals surface area (Å²) >= 11 is 0. The maximum atomic E-state index is 5.92. The molecule has 0 aliphatic rings. The molecule has 156 valence electrons. The molecule has 0 radical (unpaired) electrons. The van der Waals surface area contributed by atoms with E-state index in [2.05, 4.69) is 51.5 Å². The van der Waals surface area contributed by atoms with Gasteiger partial charge in [-0.3, -0.25) is 0 Å². The zero-order valence-electron chi connectivity index (χ0n) is 17.6. The molecular formula is C27H21N3O2. The number of anilines is 3. The van der Waals surface area contributed by atoms with Gasteiger partial charge in [0.05, 0.1) is 7.11 Å². The summed E-state index contributed by atoms with van der Waals surface area (Å²) in [7, 11) is 1.64. The van der Waals surface area contributed by atoms with Crippen LogP contribution in [0, 0.1) is 0 Å². The summed E-state index contributed by atoms with van der Waals surface area (Å²) in [5, 5.41) is 8.44. The average molecular weight is 419 g/mol. The molecule has 32 heavy (non-hydrogen) atoms. The molecule has 0 N–H and O–H groups in total. The second kappa shape index (κ2) is 8.78. The minimum atomic E-state index is 0.474. The maximum Gasteiger partial charge on any atom is 0.248 e. The Kier molecular flexibility index (Phi) is 5.37. The van der Waals surface area contributed by atoms with Crippen molar-refractivity contribution >= 4 is 17.1 Å². The molecular weight excluding hydrogens is 398 g/mol. The Balaban J connectivity index is 1.45. The largest absolute Gasteiger partial charge is 0.497 e. The number of para-hydroxylation sites is 2. The van der Waals surface area contributed by atoms with Crippen molar-refractivity contribution in [3.8, 4) is 28.7 Å². The molecule has 0 atom stereocenters. The van der Waals surface area contributed by atoms with Crippen LogP contribution in [0.15, 0.2) is 114 Å². The monoisotopic (exact) mass is 419 g/mol. The van der Waals surface area contributed by atoms with Gasteiger partial charge in [-0.25, -0.2) is 0 Å². The fourth-order valence-corrected chi connectivity index (χ4v) is 3.54. The van der Waals surface area contributed by atoms with Crippen LogP contribution in [0.1, 0.15) is 0 Å². The van der Waals surface area contributed by atoms with E-state index in [-0.39, 0.29) is 0 Å². The van der Waals surface area contributed by atoms with Crippen molar-refractivity contribution in [3.05, 3.63) is 109 Å². The standard InChI is InChI=1S/C27H21N3O2/c1-31-25-18-14-21(15-19-25)27-29-28-26(32-27)20-12-16-24(17-13-20)30(22-8-4-2-5-9-22)23-10-6-3-7-11-23/h2-19H,1H3. The van der Waals surface area contributed by atoms with Crippen LogP contribution >= 0.6 is 0 Å². The second-order valence-electron chi connectivity index (χ2n) is 7.19. The molecule has 1 heterocycles. The normalized spacial score (nSPS) is 10.7. The Hall–Kier alpha value is -4.38. The second-order valence-corrected chi connectivity index (χ2v) is 7.19. The third-order valence-corrected chi connectivity index (χ3v) is 5.16. The highest BCUT2D eigenvalue weighted by Crippen LogP contribution is 2.35. The van der Waals surface area contributed by atoms with Gasteiger partial charge in [0, 0.05) is 28.2 Å². The number of nitrogens with zero attached hydrogens (tertiary/aromatic N) is 3. The summed E-state index contributed by atoms with van der Waals surface area (Å²) in [6.07, 6.45) is 0. The van der Waals surface area contributed by atoms with E-state index in [1.165, 1.54) is 0 Å². The van der Waals surface area contributed by atoms with Crippen LogP contribution in [0.5, 0.6) is 5.75 Å². The summed E-state index contributed by atoms with van der Waals surface area (Å²) in [6.45, 7) is 0. The average Bonchev–Trinajstić information content (AvgIpc) is 3.36. The highest BCUT2D eigenvalue weighted by Gasteiger charge is 2.14. The lowest BCUT2D eigenvalue weighted by atomic mass is 10.1. The van der Waals surface area contributed by atoms with Crippen LogP contribution in [0.3, 0.4) is 0 Å². The Bertz CT molecular complexity index is 1240. The van der Waals surface area contributed by atoms with Gasteiger partial charge in [-0.2, -0.15) is 0 Å². The molecule has 0 aliphatic carbocycles. The van der Waals surface area contributed by atoms with Crippen LogP contribution in [0.4, 0.5) is 17.1 Å². The first-order chi connectivity index (χ1) is 15.8. The van der Waals surface area contributed by atoms with Gasteiger partial charge in [0.15, 0.2) is 0 Å². The quantitative estimate of drug-likeness (QED) is 0.300. The van der Waals surface area contributed by atoms with Crippen molar-refractivity contribution in [1.82, 2.24) is 10.2 Å². The van der Waals surface area contributed by atoms with Crippen LogP contribution in [-0.2, 0) is 0 Å².